The molecule has 3 aromatic heterocycles. The van der Waals surface area contributed by atoms with E-state index in [4.69, 9.17) is 21.7 Å². The molecule has 0 atom stereocenters. The van der Waals surface area contributed by atoms with Gasteiger partial charge >= 0.3 is 0 Å². The molecule has 4 nitrogen and oxygen atoms in total. The third-order valence-electron chi connectivity index (χ3n) is 6.07. The predicted molar refractivity (Wildman–Crippen MR) is 113 cm³/mol. The van der Waals surface area contributed by atoms with Gasteiger partial charge in [-0.2, -0.15) is 5.10 Å². The zero-order valence-corrected chi connectivity index (χ0v) is 16.7. The van der Waals surface area contributed by atoms with Gasteiger partial charge in [0, 0.05) is 38.6 Å². The number of carbonyl (C=O) groups excluding carboxylic acids is 1. The van der Waals surface area contributed by atoms with E-state index in [1.807, 2.05) is 29.6 Å². The van der Waals surface area contributed by atoms with Gasteiger partial charge in [0.25, 0.3) is 0 Å². The molecule has 138 valence electrons. The number of pyridine rings is 2. The summed E-state index contributed by atoms with van der Waals surface area (Å²) in [6.45, 7) is 6.29. The molecule has 0 unspecified atom stereocenters. The van der Waals surface area contributed by atoms with Gasteiger partial charge in [-0.05, 0) is 43.0 Å². The van der Waals surface area contributed by atoms with Crippen molar-refractivity contribution in [2.45, 2.75) is 33.6 Å². The minimum absolute atomic E-state index is 0.0720. The van der Waals surface area contributed by atoms with Crippen LogP contribution in [0.25, 0.3) is 38.1 Å². The Hall–Kier alpha value is -2.72. The van der Waals surface area contributed by atoms with E-state index >= 15 is 0 Å². The van der Waals surface area contributed by atoms with Crippen molar-refractivity contribution >= 4 is 55.5 Å². The number of aryl methyl sites for hydroxylation is 1. The number of benzene rings is 2. The Morgan fingerprint density at radius 3 is 2.68 bits per heavy atom. The third kappa shape index (κ3) is 1.93. The van der Waals surface area contributed by atoms with Crippen molar-refractivity contribution in [2.24, 2.45) is 5.41 Å². The van der Waals surface area contributed by atoms with Gasteiger partial charge in [-0.15, -0.1) is 0 Å². The molecule has 28 heavy (non-hydrogen) atoms. The quantitative estimate of drug-likeness (QED) is 0.251. The lowest BCUT2D eigenvalue weighted by Gasteiger charge is -2.30. The first-order valence-electron chi connectivity index (χ1n) is 9.52. The Balaban J connectivity index is 1.97. The maximum Gasteiger partial charge on any atom is 0.165 e. The molecular weight excluding hydrogens is 370 g/mol. The SMILES string of the molecule is Cc1nn2c3cc(Cl)ccc3c3c4c(nc5ccc1c2c53)CC(C)(C)CC4=O. The van der Waals surface area contributed by atoms with Crippen molar-refractivity contribution in [3.05, 3.63) is 52.3 Å². The van der Waals surface area contributed by atoms with Crippen LogP contribution in [0.5, 0.6) is 0 Å². The van der Waals surface area contributed by atoms with Crippen molar-refractivity contribution in [3.8, 4) is 0 Å². The second-order valence-corrected chi connectivity index (χ2v) is 9.20. The number of carbonyl (C=O) groups is 1. The number of nitrogens with zero attached hydrogens (tertiary/aromatic N) is 3. The van der Waals surface area contributed by atoms with Crippen LogP contribution in [0.3, 0.4) is 0 Å². The second-order valence-electron chi connectivity index (χ2n) is 8.76. The van der Waals surface area contributed by atoms with Crippen LogP contribution in [0.2, 0.25) is 5.02 Å². The largest absolute Gasteiger partial charge is 0.294 e. The van der Waals surface area contributed by atoms with Crippen molar-refractivity contribution in [1.29, 1.82) is 0 Å². The maximum atomic E-state index is 13.3. The van der Waals surface area contributed by atoms with E-state index in [0.717, 1.165) is 61.5 Å². The van der Waals surface area contributed by atoms with Crippen LogP contribution in [0.4, 0.5) is 0 Å². The minimum atomic E-state index is -0.0720. The summed E-state index contributed by atoms with van der Waals surface area (Å²) in [4.78, 5) is 18.2. The molecule has 0 saturated heterocycles. The van der Waals surface area contributed by atoms with E-state index in [0.29, 0.717) is 11.4 Å². The monoisotopic (exact) mass is 387 g/mol. The van der Waals surface area contributed by atoms with Crippen molar-refractivity contribution in [1.82, 2.24) is 14.6 Å². The predicted octanol–water partition coefficient (Wildman–Crippen LogP) is 5.74. The molecule has 0 N–H and O–H groups in total. The highest BCUT2D eigenvalue weighted by atomic mass is 35.5. The highest BCUT2D eigenvalue weighted by Crippen LogP contribution is 2.43. The van der Waals surface area contributed by atoms with Crippen LogP contribution in [-0.4, -0.2) is 20.4 Å². The van der Waals surface area contributed by atoms with E-state index in [1.165, 1.54) is 0 Å². The third-order valence-corrected chi connectivity index (χ3v) is 6.31. The van der Waals surface area contributed by atoms with Gasteiger partial charge in [0.2, 0.25) is 0 Å². The summed E-state index contributed by atoms with van der Waals surface area (Å²) in [7, 11) is 0. The number of Topliss-reactive ketones (excluding diaryl/α,β-unsaturated/α-hetero) is 1. The lowest BCUT2D eigenvalue weighted by Crippen LogP contribution is -2.28. The van der Waals surface area contributed by atoms with Crippen molar-refractivity contribution < 1.29 is 4.79 Å². The molecule has 5 aromatic rings. The van der Waals surface area contributed by atoms with Crippen molar-refractivity contribution in [3.63, 3.8) is 0 Å². The Bertz CT molecular complexity index is 1480. The molecule has 6 rings (SSSR count). The molecule has 0 bridgehead atoms. The maximum absolute atomic E-state index is 13.3. The Labute approximate surface area is 166 Å². The fourth-order valence-electron chi connectivity index (χ4n) is 4.96. The molecule has 0 fully saturated rings. The van der Waals surface area contributed by atoms with Crippen LogP contribution in [0.15, 0.2) is 30.3 Å². The van der Waals surface area contributed by atoms with Crippen LogP contribution in [0, 0.1) is 12.3 Å². The zero-order valence-electron chi connectivity index (χ0n) is 15.9. The highest BCUT2D eigenvalue weighted by molar-refractivity contribution is 6.33. The van der Waals surface area contributed by atoms with E-state index in [9.17, 15) is 4.79 Å². The van der Waals surface area contributed by atoms with E-state index in [2.05, 4.69) is 26.0 Å². The number of hydrogen-bond acceptors (Lipinski definition) is 3. The molecule has 0 spiro atoms. The molecule has 1 aliphatic carbocycles. The number of aromatic nitrogens is 3. The average Bonchev–Trinajstić information content (AvgIpc) is 2.96. The van der Waals surface area contributed by atoms with E-state index in [-0.39, 0.29) is 11.2 Å². The Morgan fingerprint density at radius 2 is 1.86 bits per heavy atom. The van der Waals surface area contributed by atoms with Crippen LogP contribution >= 0.6 is 11.6 Å². The molecule has 0 radical (unpaired) electrons. The lowest BCUT2D eigenvalue weighted by atomic mass is 9.74. The minimum Gasteiger partial charge on any atom is -0.294 e. The summed E-state index contributed by atoms with van der Waals surface area (Å²) >= 11 is 6.34. The topological polar surface area (TPSA) is 47.3 Å². The number of halogens is 1. The lowest BCUT2D eigenvalue weighted by molar-refractivity contribution is 0.0912. The van der Waals surface area contributed by atoms with Crippen LogP contribution in [-0.2, 0) is 6.42 Å². The molecule has 3 heterocycles. The molecule has 1 aliphatic rings. The number of ketones is 1. The van der Waals surface area contributed by atoms with Gasteiger partial charge in [-0.3, -0.25) is 9.78 Å². The molecule has 5 heteroatoms. The smallest absolute Gasteiger partial charge is 0.165 e. The van der Waals surface area contributed by atoms with Gasteiger partial charge < -0.3 is 0 Å². The summed E-state index contributed by atoms with van der Waals surface area (Å²) in [5.41, 5.74) is 5.46. The first-order valence-corrected chi connectivity index (χ1v) is 9.90. The van der Waals surface area contributed by atoms with Gasteiger partial charge in [0.15, 0.2) is 5.78 Å². The summed E-state index contributed by atoms with van der Waals surface area (Å²) in [6.07, 6.45) is 1.34. The van der Waals surface area contributed by atoms with Gasteiger partial charge in [0.1, 0.15) is 0 Å². The summed E-state index contributed by atoms with van der Waals surface area (Å²) < 4.78 is 1.96. The fraction of sp³-hybridized carbons (Fsp3) is 0.261. The van der Waals surface area contributed by atoms with Gasteiger partial charge in [0.05, 0.1) is 27.9 Å². The molecule has 0 saturated carbocycles. The summed E-state index contributed by atoms with van der Waals surface area (Å²) in [6, 6.07) is 9.99. The standard InChI is InChI=1S/C23H18ClN3O/c1-11-13-6-7-15-21-19(20-16(25-15)9-23(2,3)10-18(20)28)14-5-4-12(24)8-17(14)27(26-11)22(13)21/h4-8H,9-10H2,1-3H3. The molecular formula is C23H18ClN3O. The van der Waals surface area contributed by atoms with Gasteiger partial charge in [-0.25, -0.2) is 4.52 Å². The molecule has 0 aliphatic heterocycles. The number of rotatable bonds is 0. The van der Waals surface area contributed by atoms with E-state index in [1.54, 1.807) is 0 Å². The van der Waals surface area contributed by atoms with Crippen LogP contribution < -0.4 is 0 Å². The Kier molecular flexibility index (Phi) is 2.90. The number of hydrogen-bond donors (Lipinski definition) is 0. The fourth-order valence-corrected chi connectivity index (χ4v) is 5.13. The first-order chi connectivity index (χ1) is 13.3. The first kappa shape index (κ1) is 16.3. The average molecular weight is 388 g/mol. The van der Waals surface area contributed by atoms with Crippen LogP contribution in [0.1, 0.15) is 42.0 Å². The Morgan fingerprint density at radius 1 is 1.07 bits per heavy atom. The van der Waals surface area contributed by atoms with E-state index < -0.39 is 0 Å². The number of fused-ring (bicyclic) bond motifs is 5. The second kappa shape index (κ2) is 5.00. The van der Waals surface area contributed by atoms with Gasteiger partial charge in [-0.1, -0.05) is 31.5 Å². The van der Waals surface area contributed by atoms with Crippen molar-refractivity contribution in [2.75, 3.05) is 0 Å². The highest BCUT2D eigenvalue weighted by Gasteiger charge is 2.35. The molecule has 0 amide bonds. The normalized spacial score (nSPS) is 16.6. The summed E-state index contributed by atoms with van der Waals surface area (Å²) in [5.74, 6) is 0.179. The molecule has 2 aromatic carbocycles. The summed E-state index contributed by atoms with van der Waals surface area (Å²) in [5, 5.41) is 9.57. The zero-order chi connectivity index (χ0) is 19.4.